The number of phenolic OH excluding ortho intramolecular Hbond substituents is 1. The van der Waals surface area contributed by atoms with Crippen LogP contribution in [-0.4, -0.2) is 215 Å². The predicted octanol–water partition coefficient (Wildman–Crippen LogP) is -3.22. The molecule has 3 saturated heterocycles. The van der Waals surface area contributed by atoms with Crippen molar-refractivity contribution in [3.63, 3.8) is 0 Å². The minimum Gasteiger partial charge on any atom is -0.508 e. The lowest BCUT2D eigenvalue weighted by Gasteiger charge is -2.35. The van der Waals surface area contributed by atoms with Gasteiger partial charge in [-0.05, 0) is 68.7 Å². The van der Waals surface area contributed by atoms with Crippen molar-refractivity contribution in [3.05, 3.63) is 29.8 Å². The van der Waals surface area contributed by atoms with Gasteiger partial charge < -0.3 is 93.8 Å². The summed E-state index contributed by atoms with van der Waals surface area (Å²) in [4.78, 5) is 111. The molecule has 3 aliphatic heterocycles. The molecule has 0 spiro atoms. The number of carboxylic acid groups (broad SMARTS) is 1. The molecular weight excluding hydrogens is 1060 g/mol. The van der Waals surface area contributed by atoms with Crippen molar-refractivity contribution in [1.29, 1.82) is 0 Å². The number of aliphatic hydroxyl groups excluding tert-OH is 7. The number of amides is 7. The predicted molar refractivity (Wildman–Crippen MR) is 293 cm³/mol. The molecule has 16 atom stereocenters. The van der Waals surface area contributed by atoms with Gasteiger partial charge in [-0.3, -0.25) is 43.7 Å². The molecule has 1 aromatic carbocycles. The highest BCUT2D eigenvalue weighted by molar-refractivity contribution is 5.98. The molecule has 27 heteroatoms. The van der Waals surface area contributed by atoms with Crippen LogP contribution in [-0.2, 0) is 38.4 Å². The number of aliphatic carboxylic acids is 1. The highest BCUT2D eigenvalue weighted by atomic mass is 16.4. The third-order valence-corrected chi connectivity index (χ3v) is 14.9. The first kappa shape index (κ1) is 69.6. The summed E-state index contributed by atoms with van der Waals surface area (Å²) in [6.45, 7) is 7.82. The molecule has 16 unspecified atom stereocenters. The number of nitrogens with one attached hydrogen (secondary N) is 6. The number of nitrogens with two attached hydrogens (primary N) is 2. The number of nitrogens with zero attached hydrogens (tertiary/aromatic N) is 2. The van der Waals surface area contributed by atoms with Crippen LogP contribution in [0.15, 0.2) is 24.3 Å². The first-order valence-electron chi connectivity index (χ1n) is 28.3. The smallest absolute Gasteiger partial charge is 0.300 e. The minimum absolute atomic E-state index is 0.0257. The van der Waals surface area contributed by atoms with Crippen molar-refractivity contribution in [2.45, 2.75) is 210 Å². The van der Waals surface area contributed by atoms with Crippen LogP contribution in [0.4, 0.5) is 0 Å². The number of unbranched alkanes of at least 4 members (excludes halogenated alkanes) is 5. The molecule has 27 nitrogen and oxygen atoms in total. The van der Waals surface area contributed by atoms with E-state index in [0.29, 0.717) is 24.7 Å². The summed E-state index contributed by atoms with van der Waals surface area (Å²) in [5, 5.41) is 112. The van der Waals surface area contributed by atoms with Crippen molar-refractivity contribution in [2.24, 2.45) is 23.3 Å². The largest absolute Gasteiger partial charge is 0.508 e. The van der Waals surface area contributed by atoms with E-state index in [9.17, 15) is 74.4 Å². The van der Waals surface area contributed by atoms with Gasteiger partial charge in [0.2, 0.25) is 41.4 Å². The van der Waals surface area contributed by atoms with E-state index >= 15 is 0 Å². The van der Waals surface area contributed by atoms with E-state index in [4.69, 9.17) is 21.4 Å². The molecule has 3 fully saturated rings. The SMILES string of the molecule is CC(=O)O.CCC(C)CC(C)CCCCCCCCC(=O)NC1CC(O)C(NCCN)NC(=O)C2C(O)CCN2C(=O)C(C(O)CCN)NC(=O)C(C(O)C(O)c2ccc(O)cc2)NC(=O)C2CC(O)CN2C(=O)C(C(C)O)NC1=O. The highest BCUT2D eigenvalue weighted by Crippen LogP contribution is 2.27. The van der Waals surface area contributed by atoms with Crippen LogP contribution in [0.3, 0.4) is 0 Å². The van der Waals surface area contributed by atoms with Crippen LogP contribution in [0.25, 0.3) is 0 Å². The van der Waals surface area contributed by atoms with Gasteiger partial charge in [-0.15, -0.1) is 0 Å². The number of benzene rings is 1. The summed E-state index contributed by atoms with van der Waals surface area (Å²) < 4.78 is 0. The van der Waals surface area contributed by atoms with Gasteiger partial charge in [-0.1, -0.05) is 77.8 Å². The molecule has 0 saturated carbocycles. The van der Waals surface area contributed by atoms with E-state index in [1.54, 1.807) is 0 Å². The van der Waals surface area contributed by atoms with Crippen LogP contribution in [0.1, 0.15) is 136 Å². The Bertz CT molecular complexity index is 2180. The number of aliphatic hydroxyl groups is 7. The minimum atomic E-state index is -2.28. The fourth-order valence-corrected chi connectivity index (χ4v) is 10.2. The van der Waals surface area contributed by atoms with Gasteiger partial charge in [0.05, 0.1) is 30.5 Å². The standard InChI is InChI=1S/C52H88N10O15.C2H4O2/c1-5-28(2)24-29(3)12-10-8-6-7-9-11-13-39(69)56-34-26-38(68)46(55-22-21-54)60-50(75)43-37(67)19-23-61(43)52(77)41(36(66)18-20-53)58-49(74)42(45(71)44(70)31-14-16-32(64)17-15-31)59-48(73)35-25-33(65)27-62(35)51(76)40(30(4)63)57-47(34)72;1-2(3)4/h14-17,28-30,33-38,40-46,55,63-68,70-71H,5-13,18-27,53-54H2,1-4H3,(H,56,69)(H,57,72)(H,58,74)(H,59,73)(H,60,75);1H3,(H,3,4). The normalized spacial score (nSPS) is 27.5. The third-order valence-electron chi connectivity index (χ3n) is 14.9. The molecule has 3 aliphatic rings. The summed E-state index contributed by atoms with van der Waals surface area (Å²) in [7, 11) is 0. The van der Waals surface area contributed by atoms with E-state index in [1.165, 1.54) is 30.7 Å². The van der Waals surface area contributed by atoms with Gasteiger partial charge in [-0.25, -0.2) is 0 Å². The number of rotatable bonds is 23. The summed E-state index contributed by atoms with van der Waals surface area (Å²) in [5.41, 5.74) is 11.5. The number of carbonyl (C=O) groups is 8. The van der Waals surface area contributed by atoms with Crippen molar-refractivity contribution >= 4 is 47.3 Å². The van der Waals surface area contributed by atoms with E-state index < -0.39 is 152 Å². The Kier molecular flexibility index (Phi) is 29.9. The molecule has 0 bridgehead atoms. The maximum atomic E-state index is 14.6. The second kappa shape index (κ2) is 34.7. The number of hydrogen-bond acceptors (Lipinski definition) is 19. The fraction of sp³-hybridized carbons (Fsp3) is 0.741. The molecule has 3 heterocycles. The zero-order valence-electron chi connectivity index (χ0n) is 47.3. The molecule has 4 rings (SSSR count). The number of aromatic hydroxyl groups is 1. The van der Waals surface area contributed by atoms with Gasteiger partial charge in [0.25, 0.3) is 5.97 Å². The molecule has 0 aliphatic carbocycles. The summed E-state index contributed by atoms with van der Waals surface area (Å²) in [5.74, 6) is -7.27. The Morgan fingerprint density at radius 1 is 0.716 bits per heavy atom. The third kappa shape index (κ3) is 21.9. The van der Waals surface area contributed by atoms with Crippen molar-refractivity contribution in [2.75, 3.05) is 32.7 Å². The molecule has 19 N–H and O–H groups in total. The van der Waals surface area contributed by atoms with E-state index in [2.05, 4.69) is 52.7 Å². The van der Waals surface area contributed by atoms with Gasteiger partial charge in [0.1, 0.15) is 60.4 Å². The van der Waals surface area contributed by atoms with Crippen molar-refractivity contribution in [1.82, 2.24) is 41.7 Å². The number of phenols is 1. The highest BCUT2D eigenvalue weighted by Gasteiger charge is 2.49. The van der Waals surface area contributed by atoms with Gasteiger partial charge in [-0.2, -0.15) is 0 Å². The molecule has 1 aromatic rings. The first-order chi connectivity index (χ1) is 38.3. The molecule has 81 heavy (non-hydrogen) atoms. The van der Waals surface area contributed by atoms with Crippen LogP contribution in [0.2, 0.25) is 0 Å². The van der Waals surface area contributed by atoms with Crippen molar-refractivity contribution in [3.8, 4) is 5.75 Å². The number of hydrogen-bond donors (Lipinski definition) is 17. The lowest BCUT2D eigenvalue weighted by Crippen LogP contribution is -2.65. The zero-order valence-corrected chi connectivity index (χ0v) is 47.3. The van der Waals surface area contributed by atoms with E-state index in [0.717, 1.165) is 62.2 Å². The van der Waals surface area contributed by atoms with Gasteiger partial charge >= 0.3 is 0 Å². The first-order valence-corrected chi connectivity index (χ1v) is 28.3. The zero-order chi connectivity index (χ0) is 60.7. The average Bonchev–Trinajstić information content (AvgIpc) is 4.01. The van der Waals surface area contributed by atoms with Crippen LogP contribution >= 0.6 is 0 Å². The van der Waals surface area contributed by atoms with Gasteiger partial charge in [0, 0.05) is 52.4 Å². The summed E-state index contributed by atoms with van der Waals surface area (Å²) in [6, 6.07) is -6.40. The van der Waals surface area contributed by atoms with Gasteiger partial charge in [0.15, 0.2) is 0 Å². The van der Waals surface area contributed by atoms with E-state index in [-0.39, 0.29) is 56.8 Å². The Balaban J connectivity index is 0.00000416. The molecule has 7 amide bonds. The molecular formula is C54H92N10O17. The Morgan fingerprint density at radius 2 is 1.31 bits per heavy atom. The fourth-order valence-electron chi connectivity index (χ4n) is 10.2. The van der Waals surface area contributed by atoms with Crippen LogP contribution < -0.4 is 43.4 Å². The summed E-state index contributed by atoms with van der Waals surface area (Å²) >= 11 is 0. The summed E-state index contributed by atoms with van der Waals surface area (Å²) in [6.07, 6.45) is -6.95. The maximum absolute atomic E-state index is 14.6. The Morgan fingerprint density at radius 3 is 1.91 bits per heavy atom. The average molecular weight is 1150 g/mol. The Labute approximate surface area is 473 Å². The molecule has 460 valence electrons. The number of fused-ring (bicyclic) bond motifs is 2. The van der Waals surface area contributed by atoms with Crippen molar-refractivity contribution < 1.29 is 84.3 Å². The molecule has 0 radical (unpaired) electrons. The lowest BCUT2D eigenvalue weighted by molar-refractivity contribution is -0.148. The topological polar surface area (TPSA) is 449 Å². The van der Waals surface area contributed by atoms with Crippen LogP contribution in [0, 0.1) is 11.8 Å². The monoisotopic (exact) mass is 1150 g/mol. The maximum Gasteiger partial charge on any atom is 0.300 e. The molecule has 0 aromatic heterocycles. The number of carboxylic acids is 1. The second-order valence-electron chi connectivity index (χ2n) is 21.8. The second-order valence-corrected chi connectivity index (χ2v) is 21.8. The van der Waals surface area contributed by atoms with Crippen LogP contribution in [0.5, 0.6) is 5.75 Å². The lowest BCUT2D eigenvalue weighted by atomic mass is 9.91. The van der Waals surface area contributed by atoms with E-state index in [1.807, 2.05) is 0 Å². The Hall–Kier alpha value is -5.62. The quantitative estimate of drug-likeness (QED) is 0.0479. The number of carbonyl (C=O) groups excluding carboxylic acids is 7.